The number of sulfonamides is 1. The predicted octanol–water partition coefficient (Wildman–Crippen LogP) is 1.75. The molecule has 0 N–H and O–H groups in total. The highest BCUT2D eigenvalue weighted by Crippen LogP contribution is 2.28. The Morgan fingerprint density at radius 1 is 1.39 bits per heavy atom. The Morgan fingerprint density at radius 3 is 2.57 bits per heavy atom. The molecule has 2 rings (SSSR count). The van der Waals surface area contributed by atoms with Crippen molar-refractivity contribution in [3.63, 3.8) is 0 Å². The summed E-state index contributed by atoms with van der Waals surface area (Å²) in [6, 6.07) is 6.67. The van der Waals surface area contributed by atoms with E-state index in [0.29, 0.717) is 0 Å². The lowest BCUT2D eigenvalue weighted by Gasteiger charge is -2.44. The van der Waals surface area contributed by atoms with Crippen molar-refractivity contribution in [2.75, 3.05) is 13.1 Å². The fourth-order valence-electron chi connectivity index (χ4n) is 2.41. The second-order valence-corrected chi connectivity index (χ2v) is 7.20. The summed E-state index contributed by atoms with van der Waals surface area (Å²) < 4.78 is 27.1. The van der Waals surface area contributed by atoms with Gasteiger partial charge in [-0.3, -0.25) is 4.79 Å². The van der Waals surface area contributed by atoms with Gasteiger partial charge in [0.05, 0.1) is 17.9 Å². The van der Waals surface area contributed by atoms with E-state index in [-0.39, 0.29) is 30.3 Å². The molecule has 1 unspecified atom stereocenters. The third-order valence-electron chi connectivity index (χ3n) is 3.73. The summed E-state index contributed by atoms with van der Waals surface area (Å²) in [5, 5.41) is 0. The highest BCUT2D eigenvalue weighted by atomic mass is 32.2. The van der Waals surface area contributed by atoms with Crippen LogP contribution in [0.1, 0.15) is 18.9 Å². The summed E-state index contributed by atoms with van der Waals surface area (Å²) in [6.45, 7) is 7.59. The van der Waals surface area contributed by atoms with Crippen molar-refractivity contribution in [3.05, 3.63) is 42.5 Å². The molecular formula is C17H20N2O3S. The van der Waals surface area contributed by atoms with Gasteiger partial charge in [-0.15, -0.1) is 12.5 Å². The molecule has 0 aromatic heterocycles. The first-order valence-corrected chi connectivity index (χ1v) is 8.74. The zero-order chi connectivity index (χ0) is 17.0. The smallest absolute Gasteiger partial charge is 0.245 e. The summed E-state index contributed by atoms with van der Waals surface area (Å²) in [7, 11) is -3.70. The molecule has 0 radical (unpaired) electrons. The highest BCUT2D eigenvalue weighted by molar-refractivity contribution is 7.89. The van der Waals surface area contributed by atoms with Crippen molar-refractivity contribution in [1.29, 1.82) is 0 Å². The minimum atomic E-state index is -3.70. The molecule has 1 amide bonds. The van der Waals surface area contributed by atoms with Crippen LogP contribution in [0.4, 0.5) is 0 Å². The van der Waals surface area contributed by atoms with Gasteiger partial charge in [0.25, 0.3) is 0 Å². The van der Waals surface area contributed by atoms with Crippen molar-refractivity contribution in [2.45, 2.75) is 31.3 Å². The Bertz CT molecular complexity index is 757. The van der Waals surface area contributed by atoms with Crippen LogP contribution >= 0.6 is 0 Å². The molecule has 1 heterocycles. The van der Waals surface area contributed by atoms with Gasteiger partial charge in [-0.25, -0.2) is 8.42 Å². The number of nitrogens with zero attached hydrogens (tertiary/aromatic N) is 2. The molecular weight excluding hydrogens is 312 g/mol. The van der Waals surface area contributed by atoms with Crippen molar-refractivity contribution >= 4 is 15.9 Å². The van der Waals surface area contributed by atoms with Gasteiger partial charge in [0, 0.05) is 6.54 Å². The maximum atomic E-state index is 12.9. The van der Waals surface area contributed by atoms with E-state index in [9.17, 15) is 13.2 Å². The number of hydrogen-bond acceptors (Lipinski definition) is 3. The van der Waals surface area contributed by atoms with Crippen LogP contribution in [0.25, 0.3) is 0 Å². The van der Waals surface area contributed by atoms with Crippen LogP contribution in [0.2, 0.25) is 0 Å². The lowest BCUT2D eigenvalue weighted by Crippen LogP contribution is -2.62. The molecule has 1 atom stereocenters. The molecule has 1 aliphatic heterocycles. The van der Waals surface area contributed by atoms with E-state index in [4.69, 9.17) is 0 Å². The fourth-order valence-corrected chi connectivity index (χ4v) is 3.97. The first kappa shape index (κ1) is 17.3. The van der Waals surface area contributed by atoms with Gasteiger partial charge in [-0.05, 0) is 26.0 Å². The van der Waals surface area contributed by atoms with Gasteiger partial charge in [-0.2, -0.15) is 4.31 Å². The molecule has 5 nitrogen and oxygen atoms in total. The van der Waals surface area contributed by atoms with Crippen molar-refractivity contribution < 1.29 is 13.2 Å². The largest absolute Gasteiger partial charge is 0.314 e. The normalized spacial score (nSPS) is 17.4. The highest BCUT2D eigenvalue weighted by Gasteiger charge is 2.44. The van der Waals surface area contributed by atoms with Crippen LogP contribution in [0, 0.1) is 18.8 Å². The molecule has 1 fully saturated rings. The number of carbonyl (C=O) groups is 1. The van der Waals surface area contributed by atoms with E-state index >= 15 is 0 Å². The second-order valence-electron chi connectivity index (χ2n) is 5.31. The minimum Gasteiger partial charge on any atom is -0.314 e. The van der Waals surface area contributed by atoms with E-state index < -0.39 is 16.2 Å². The number of β-lactam (4-membered cyclic amide) rings is 1. The molecule has 0 aliphatic carbocycles. The predicted molar refractivity (Wildman–Crippen MR) is 88.8 cm³/mol. The lowest BCUT2D eigenvalue weighted by molar-refractivity contribution is -0.150. The summed E-state index contributed by atoms with van der Waals surface area (Å²) in [4.78, 5) is 13.5. The maximum Gasteiger partial charge on any atom is 0.245 e. The lowest BCUT2D eigenvalue weighted by atomic mass is 10.1. The van der Waals surface area contributed by atoms with Crippen LogP contribution in [-0.2, 0) is 14.8 Å². The van der Waals surface area contributed by atoms with Crippen molar-refractivity contribution in [3.8, 4) is 11.8 Å². The maximum absolute atomic E-state index is 12.9. The van der Waals surface area contributed by atoms with Gasteiger partial charge in [0.2, 0.25) is 15.9 Å². The van der Waals surface area contributed by atoms with Gasteiger partial charge >= 0.3 is 0 Å². The SMILES string of the molecule is C=CCN(C1CC(=O)N1CC#CC)S(=O)(=O)c1ccc(C)cc1. The van der Waals surface area contributed by atoms with Gasteiger partial charge in [0.15, 0.2) is 0 Å². The third kappa shape index (κ3) is 3.46. The zero-order valence-corrected chi connectivity index (χ0v) is 14.1. The molecule has 122 valence electrons. The number of carbonyl (C=O) groups excluding carboxylic acids is 1. The second kappa shape index (κ2) is 6.99. The van der Waals surface area contributed by atoms with Gasteiger partial charge in [0.1, 0.15) is 6.17 Å². The molecule has 23 heavy (non-hydrogen) atoms. The Morgan fingerprint density at radius 2 is 2.04 bits per heavy atom. The van der Waals surface area contributed by atoms with E-state index in [2.05, 4.69) is 18.4 Å². The van der Waals surface area contributed by atoms with Crippen molar-refractivity contribution in [1.82, 2.24) is 9.21 Å². The van der Waals surface area contributed by atoms with E-state index in [1.165, 1.54) is 15.3 Å². The number of amides is 1. The van der Waals surface area contributed by atoms with Gasteiger partial charge in [-0.1, -0.05) is 29.7 Å². The van der Waals surface area contributed by atoms with E-state index in [1.807, 2.05) is 6.92 Å². The topological polar surface area (TPSA) is 57.7 Å². The Kier molecular flexibility index (Phi) is 5.24. The minimum absolute atomic E-state index is 0.0917. The molecule has 6 heteroatoms. The number of hydrogen-bond donors (Lipinski definition) is 0. The number of rotatable bonds is 6. The quantitative estimate of drug-likeness (QED) is 0.453. The summed E-state index contributed by atoms with van der Waals surface area (Å²) in [5.41, 5.74) is 0.984. The third-order valence-corrected chi connectivity index (χ3v) is 5.61. The van der Waals surface area contributed by atoms with Crippen LogP contribution in [0.5, 0.6) is 0 Å². The average Bonchev–Trinajstić information content (AvgIpc) is 2.51. The summed E-state index contributed by atoms with van der Waals surface area (Å²) >= 11 is 0. The summed E-state index contributed by atoms with van der Waals surface area (Å²) in [5.74, 6) is 5.45. The van der Waals surface area contributed by atoms with Crippen molar-refractivity contribution in [2.24, 2.45) is 0 Å². The Labute approximate surface area is 137 Å². The number of benzene rings is 1. The first-order chi connectivity index (χ1) is 10.9. The molecule has 1 aliphatic rings. The molecule has 0 bridgehead atoms. The Balaban J connectivity index is 2.33. The molecule has 0 saturated carbocycles. The Hall–Kier alpha value is -2.10. The average molecular weight is 332 g/mol. The van der Waals surface area contributed by atoms with E-state index in [0.717, 1.165) is 5.56 Å². The van der Waals surface area contributed by atoms with E-state index in [1.54, 1.807) is 31.2 Å². The summed E-state index contributed by atoms with van der Waals surface area (Å²) in [6.07, 6.45) is 1.19. The van der Waals surface area contributed by atoms with Crippen LogP contribution < -0.4 is 0 Å². The number of likely N-dealkylation sites (tertiary alicyclic amines) is 1. The standard InChI is InChI=1S/C17H20N2O3S/c1-4-6-12-18-16(13-17(18)20)19(11-5-2)23(21,22)15-9-7-14(3)8-10-15/h5,7-10,16H,2,11-13H2,1,3H3. The monoisotopic (exact) mass is 332 g/mol. The fraction of sp³-hybridized carbons (Fsp3) is 0.353. The van der Waals surface area contributed by atoms with Gasteiger partial charge < -0.3 is 4.90 Å². The molecule has 1 aromatic carbocycles. The zero-order valence-electron chi connectivity index (χ0n) is 13.3. The first-order valence-electron chi connectivity index (χ1n) is 7.30. The molecule has 1 aromatic rings. The van der Waals surface area contributed by atoms with Crippen LogP contribution in [0.15, 0.2) is 41.8 Å². The molecule has 1 saturated heterocycles. The van der Waals surface area contributed by atoms with Crippen LogP contribution in [0.3, 0.4) is 0 Å². The van der Waals surface area contributed by atoms with Crippen LogP contribution in [-0.4, -0.2) is 42.8 Å². The number of aryl methyl sites for hydroxylation is 1. The molecule has 0 spiro atoms.